The van der Waals surface area contributed by atoms with E-state index in [2.05, 4.69) is 167 Å². The van der Waals surface area contributed by atoms with Crippen molar-refractivity contribution in [3.05, 3.63) is 305 Å². The Kier molecular flexibility index (Phi) is 37.6. The molecule has 2 aromatic heterocycles. The van der Waals surface area contributed by atoms with Crippen molar-refractivity contribution in [2.75, 3.05) is 0 Å². The molecule has 23 heteroatoms. The van der Waals surface area contributed by atoms with Crippen LogP contribution < -0.4 is 34.3 Å². The average molecular weight is 1940 g/mol. The summed E-state index contributed by atoms with van der Waals surface area (Å²) in [5.41, 5.74) is 10.5. The van der Waals surface area contributed by atoms with E-state index in [1.54, 1.807) is 91.1 Å². The summed E-state index contributed by atoms with van der Waals surface area (Å²) in [5, 5.41) is 60.6. The lowest BCUT2D eigenvalue weighted by atomic mass is 9.49. The highest BCUT2D eigenvalue weighted by Crippen LogP contribution is 2.57. The van der Waals surface area contributed by atoms with E-state index in [1.165, 1.54) is 11.1 Å². The Hall–Kier alpha value is -12.7. The highest BCUT2D eigenvalue weighted by atomic mass is 35.5. The molecule has 0 bridgehead atoms. The van der Waals surface area contributed by atoms with Gasteiger partial charge in [-0.05, 0) is 270 Å². The van der Waals surface area contributed by atoms with E-state index < -0.39 is 0 Å². The number of carbonyl (C=O) groups is 5. The maximum Gasteiger partial charge on any atom is 0.251 e. The summed E-state index contributed by atoms with van der Waals surface area (Å²) in [5.74, 6) is 6.67. The number of carbonyl (C=O) groups excluding carboxylic acids is 5. The summed E-state index contributed by atoms with van der Waals surface area (Å²) in [6.07, 6.45) is 15.0. The molecule has 20 nitrogen and oxygen atoms in total. The summed E-state index contributed by atoms with van der Waals surface area (Å²) < 4.78 is 30.6. The van der Waals surface area contributed by atoms with Gasteiger partial charge < -0.3 is 34.3 Å². The van der Waals surface area contributed by atoms with E-state index >= 15 is 0 Å². The smallest absolute Gasteiger partial charge is 0.251 e. The second-order valence-corrected chi connectivity index (χ2v) is 42.6. The number of rotatable bonds is 27. The zero-order valence-electron chi connectivity index (χ0n) is 83.6. The number of Topliss-reactive ketones (excluding diaryl/α,β-unsaturated/α-hetero) is 3. The summed E-state index contributed by atoms with van der Waals surface area (Å²) >= 11 is 18.2. The van der Waals surface area contributed by atoms with Crippen molar-refractivity contribution >= 4 is 64.0 Å². The molecule has 2 heterocycles. The molecule has 730 valence electrons. The minimum Gasteiger partial charge on any atom is -0.490 e. The number of halogens is 3. The highest BCUT2D eigenvalue weighted by molar-refractivity contribution is 6.32. The zero-order valence-corrected chi connectivity index (χ0v) is 85.9. The third-order valence-corrected chi connectivity index (χ3v) is 28.9. The Morgan fingerprint density at radius 1 is 0.350 bits per heavy atom. The Morgan fingerprint density at radius 2 is 0.664 bits per heavy atom. The Bertz CT molecular complexity index is 5740. The minimum atomic E-state index is -0.231. The molecule has 5 saturated carbocycles. The second kappa shape index (κ2) is 48.9. The van der Waals surface area contributed by atoms with Crippen LogP contribution >= 0.6 is 34.8 Å². The number of amides is 2. The van der Waals surface area contributed by atoms with Crippen molar-refractivity contribution < 1.29 is 47.7 Å². The lowest BCUT2D eigenvalue weighted by Gasteiger charge is -2.63. The molecule has 0 unspecified atom stereocenters. The van der Waals surface area contributed by atoms with Gasteiger partial charge in [-0.15, -0.1) is 5.10 Å². The van der Waals surface area contributed by atoms with E-state index in [9.17, 15) is 24.0 Å². The highest BCUT2D eigenvalue weighted by Gasteiger charge is 2.65. The third kappa shape index (κ3) is 28.6. The van der Waals surface area contributed by atoms with Gasteiger partial charge in [0, 0.05) is 105 Å². The summed E-state index contributed by atoms with van der Waals surface area (Å²) in [6, 6.07) is 71.2. The molecule has 2 N–H and O–H groups in total. The molecule has 0 aliphatic heterocycles. The van der Waals surface area contributed by atoms with E-state index in [4.69, 9.17) is 84.8 Å². The van der Waals surface area contributed by atoms with Crippen LogP contribution in [-0.2, 0) is 0 Å². The first-order valence-electron chi connectivity index (χ1n) is 48.8. The van der Waals surface area contributed by atoms with Crippen LogP contribution in [0, 0.1) is 103 Å². The molecule has 15 rings (SSSR count). The number of pyridine rings is 1. The monoisotopic (exact) mass is 1940 g/mol. The summed E-state index contributed by atoms with van der Waals surface area (Å²) in [7, 11) is 0. The molecule has 5 aliphatic carbocycles. The molecule has 5 aliphatic rings. The van der Waals surface area contributed by atoms with Gasteiger partial charge in [-0.3, -0.25) is 29.0 Å². The molecule has 0 saturated heterocycles. The predicted octanol–water partition coefficient (Wildman–Crippen LogP) is 27.6. The van der Waals surface area contributed by atoms with Gasteiger partial charge >= 0.3 is 0 Å². The number of aromatic nitrogens is 3. The lowest BCUT2D eigenvalue weighted by molar-refractivity contribution is -0.164. The van der Waals surface area contributed by atoms with Gasteiger partial charge in [0.05, 0.1) is 79.0 Å². The van der Waals surface area contributed by atoms with Gasteiger partial charge in [0.1, 0.15) is 64.9 Å². The van der Waals surface area contributed by atoms with Crippen molar-refractivity contribution in [1.29, 1.82) is 26.3 Å². The number of aryl methyl sites for hydroxylation is 1. The van der Waals surface area contributed by atoms with Crippen molar-refractivity contribution in [3.8, 4) is 59.1 Å². The molecule has 0 radical (unpaired) electrons. The molecule has 5 fully saturated rings. The first-order chi connectivity index (χ1) is 66.6. The normalized spacial score (nSPS) is 20.3. The van der Waals surface area contributed by atoms with Crippen LogP contribution in [0.4, 0.5) is 0 Å². The van der Waals surface area contributed by atoms with Gasteiger partial charge in [-0.1, -0.05) is 200 Å². The molecular weight excluding hydrogens is 1810 g/mol. The van der Waals surface area contributed by atoms with Crippen LogP contribution in [0.5, 0.6) is 28.7 Å². The van der Waals surface area contributed by atoms with E-state index in [0.29, 0.717) is 143 Å². The van der Waals surface area contributed by atoms with Crippen molar-refractivity contribution in [2.24, 2.45) is 39.4 Å². The molecule has 0 spiro atoms. The third-order valence-electron chi connectivity index (χ3n) is 27.9. The number of hydrogen-bond acceptors (Lipinski definition) is 18. The Balaban J connectivity index is 0.000000167. The van der Waals surface area contributed by atoms with Gasteiger partial charge in [-0.25, -0.2) is 0 Å². The number of ether oxygens (including phenoxy) is 5. The fourth-order valence-electron chi connectivity index (χ4n) is 20.1. The van der Waals surface area contributed by atoms with E-state index in [0.717, 1.165) is 111 Å². The van der Waals surface area contributed by atoms with E-state index in [1.807, 2.05) is 122 Å². The second-order valence-electron chi connectivity index (χ2n) is 41.3. The quantitative estimate of drug-likeness (QED) is 0.0452. The fraction of sp³-hybridized carbons (Fsp3) is 0.427. The van der Waals surface area contributed by atoms with Gasteiger partial charge in [0.2, 0.25) is 0 Å². The van der Waals surface area contributed by atoms with Crippen molar-refractivity contribution in [3.63, 3.8) is 0 Å². The number of nitrogens with one attached hydrogen (secondary N) is 2. The van der Waals surface area contributed by atoms with Crippen LogP contribution in [0.25, 0.3) is 0 Å². The lowest BCUT2D eigenvalue weighted by Crippen LogP contribution is -2.74. The van der Waals surface area contributed by atoms with Crippen molar-refractivity contribution in [1.82, 2.24) is 25.8 Å². The average Bonchev–Trinajstić information content (AvgIpc) is 0.709. The minimum absolute atomic E-state index is 0.0119. The van der Waals surface area contributed by atoms with Crippen LogP contribution in [0.1, 0.15) is 339 Å². The summed E-state index contributed by atoms with van der Waals surface area (Å²) in [4.78, 5) is 67.6. The summed E-state index contributed by atoms with van der Waals surface area (Å²) in [6.45, 7) is 35.9. The van der Waals surface area contributed by atoms with E-state index in [-0.39, 0.29) is 93.4 Å². The Morgan fingerprint density at radius 3 is 0.964 bits per heavy atom. The molecule has 10 aromatic rings. The molecule has 8 aromatic carbocycles. The topological polar surface area (TPSA) is 313 Å². The maximum atomic E-state index is 12.9. The number of hydrogen-bond donors (Lipinski definition) is 2. The van der Waals surface area contributed by atoms with Gasteiger partial charge in [0.15, 0.2) is 17.3 Å². The maximum absolute atomic E-state index is 12.9. The molecular formula is C117H131Cl3N10O10. The molecule has 2 amide bonds. The SMILES string of the molecule is CC(C)c1ccc(C(=O)CC2CCC(Oc3ccc(C#N)c(Cl)c3)CC2)cc1.CC(C)c1ccc(C(=O)CC2CCC(Oc3ccc(C#N)c(Cl)c3)CC2)cn1.CC(C)c1ccc(C(=O)CC2CCC(Oc3ccc(C#N)c(Cl)c3)CC2)nn1.CC(C)c1ccc(C(=O)NC2C(C)(C)C(Oc3ccc(C#N)cc3)C2(C)C)cc1.Cc1ccc(C(=O)NC2C(C)(C)C(Oc3ccc(C#N)cc3)C2(C)C)cc1. The number of ketones is 3. The first kappa shape index (κ1) is 108. The van der Waals surface area contributed by atoms with Gasteiger partial charge in [-0.2, -0.15) is 31.4 Å². The largest absolute Gasteiger partial charge is 0.490 e. The van der Waals surface area contributed by atoms with Crippen LogP contribution in [0.2, 0.25) is 15.1 Å². The molecule has 0 atom stereocenters. The Labute approximate surface area is 842 Å². The first-order valence-corrected chi connectivity index (χ1v) is 49.9. The fourth-order valence-corrected chi connectivity index (χ4v) is 20.7. The van der Waals surface area contributed by atoms with Crippen molar-refractivity contribution in [2.45, 2.75) is 280 Å². The number of nitriles is 5. The van der Waals surface area contributed by atoms with Gasteiger partial charge in [0.25, 0.3) is 11.8 Å². The number of benzene rings is 8. The van der Waals surface area contributed by atoms with Crippen LogP contribution in [0.3, 0.4) is 0 Å². The zero-order chi connectivity index (χ0) is 102. The number of nitrogens with zero attached hydrogens (tertiary/aromatic N) is 8. The standard InChI is InChI=1S/C25H30N2O2.C24H26ClNO2.C23H25ClN2O2.C23H26N2O2.C22H24ClN3O2/c1-16(2)18-9-11-19(12-10-18)21(28)27-22-24(3,4)23(25(22,5)6)29-20-13-7-17(15-26)8-14-20;1-16(2)18-5-7-19(8-6-18)24(27)13-17-3-10-21(11-4-17)28-22-12-9-20(15-26)23(25)14-22;1-15(2)22-10-6-18(14-26-22)23(27)11-16-3-7-19(8-4-16)28-20-9-5-17(13-25)21(24)12-20;1-15-6-10-17(11-7-15)19(26)25-20-22(2,3)21(23(20,4)5)27-18-12-8-16(14-24)9-13-18;1-14(2)20-9-10-21(26-25-20)22(27)11-15-3-6-17(7-4-15)28-18-8-5-16(13-24)19(23)12-18/h7-14,16,22-23H,1-6H3,(H,27,28);5-9,12,14,16-17,21H,3-4,10-11,13H2,1-2H3;5-6,9-10,12,14-16,19H,3-4,7-8,11H2,1-2H3;6-13,20-21H,1-5H3,(H,25,26);5,8-10,12,14-15,17H,3-4,6-7,11H2,1-2H3. The van der Waals surface area contributed by atoms with Crippen LogP contribution in [0.15, 0.2) is 206 Å². The van der Waals surface area contributed by atoms with Crippen LogP contribution in [-0.4, -0.2) is 86.9 Å². The molecule has 140 heavy (non-hydrogen) atoms. The predicted molar refractivity (Wildman–Crippen MR) is 550 cm³/mol.